The van der Waals surface area contributed by atoms with Crippen molar-refractivity contribution in [3.63, 3.8) is 0 Å². The number of pyridine rings is 1. The van der Waals surface area contributed by atoms with Crippen molar-refractivity contribution in [2.75, 3.05) is 0 Å². The molecule has 0 N–H and O–H groups in total. The first-order valence-corrected chi connectivity index (χ1v) is 8.99. The van der Waals surface area contributed by atoms with Crippen molar-refractivity contribution in [2.24, 2.45) is 7.05 Å². The van der Waals surface area contributed by atoms with Gasteiger partial charge in [-0.2, -0.15) is 5.10 Å². The summed E-state index contributed by atoms with van der Waals surface area (Å²) in [4.78, 5) is 13.6. The van der Waals surface area contributed by atoms with E-state index >= 15 is 0 Å². The van der Waals surface area contributed by atoms with Gasteiger partial charge in [0.2, 0.25) is 0 Å². The average molecular weight is 379 g/mol. The molecule has 4 aromatic rings. The normalized spacial score (nSPS) is 11.5. The van der Waals surface area contributed by atoms with Crippen LogP contribution in [0.2, 0.25) is 0 Å². The molecule has 2 aromatic carbocycles. The van der Waals surface area contributed by atoms with Crippen molar-refractivity contribution < 1.29 is 8.78 Å². The van der Waals surface area contributed by atoms with Crippen LogP contribution in [0, 0.1) is 11.6 Å². The minimum atomic E-state index is -0.725. The molecule has 0 aliphatic carbocycles. The number of aryl methyl sites for hydroxylation is 1. The molecule has 142 valence electrons. The van der Waals surface area contributed by atoms with Crippen LogP contribution >= 0.6 is 0 Å². The van der Waals surface area contributed by atoms with Gasteiger partial charge in [-0.25, -0.2) is 8.78 Å². The van der Waals surface area contributed by atoms with E-state index in [2.05, 4.69) is 5.10 Å². The summed E-state index contributed by atoms with van der Waals surface area (Å²) in [5, 5.41) is 5.46. The van der Waals surface area contributed by atoms with Gasteiger partial charge in [0.25, 0.3) is 5.56 Å². The first kappa shape index (κ1) is 18.1. The molecule has 0 amide bonds. The molecule has 2 aromatic heterocycles. The molecule has 0 unspecified atom stereocenters. The average Bonchev–Trinajstić information content (AvgIpc) is 3.06. The summed E-state index contributed by atoms with van der Waals surface area (Å²) in [5.41, 5.74) is 2.08. The lowest BCUT2D eigenvalue weighted by atomic mass is 9.98. The van der Waals surface area contributed by atoms with E-state index in [1.165, 1.54) is 16.7 Å². The van der Waals surface area contributed by atoms with E-state index in [1.807, 2.05) is 44.3 Å². The first-order valence-electron chi connectivity index (χ1n) is 8.99. The van der Waals surface area contributed by atoms with E-state index in [9.17, 15) is 13.6 Å². The molecular formula is C22H19F2N3O. The summed E-state index contributed by atoms with van der Waals surface area (Å²) in [7, 11) is 1.80. The van der Waals surface area contributed by atoms with Crippen LogP contribution in [0.15, 0.2) is 59.7 Å². The number of hydrogen-bond donors (Lipinski definition) is 0. The number of aromatic nitrogens is 3. The third kappa shape index (κ3) is 3.01. The predicted octanol–water partition coefficient (Wildman–Crippen LogP) is 4.79. The Morgan fingerprint density at radius 1 is 1.04 bits per heavy atom. The maximum Gasteiger partial charge on any atom is 0.263 e. The van der Waals surface area contributed by atoms with Crippen molar-refractivity contribution in [2.45, 2.75) is 19.8 Å². The molecule has 0 spiro atoms. The lowest BCUT2D eigenvalue weighted by Gasteiger charge is -2.18. The SMILES string of the molecule is CC(C)c1cc2cccc(-c3cnn(C)c3)c2c(=O)n1-c1cc(F)cc(F)c1. The zero-order chi connectivity index (χ0) is 20.0. The highest BCUT2D eigenvalue weighted by Gasteiger charge is 2.18. The van der Waals surface area contributed by atoms with Gasteiger partial charge in [0, 0.05) is 30.6 Å². The van der Waals surface area contributed by atoms with Crippen LogP contribution in [-0.4, -0.2) is 14.3 Å². The van der Waals surface area contributed by atoms with Crippen LogP contribution in [0.4, 0.5) is 8.78 Å². The molecule has 6 heteroatoms. The third-order valence-electron chi connectivity index (χ3n) is 4.79. The van der Waals surface area contributed by atoms with E-state index < -0.39 is 11.6 Å². The summed E-state index contributed by atoms with van der Waals surface area (Å²) in [6.07, 6.45) is 3.52. The number of hydrogen-bond acceptors (Lipinski definition) is 2. The minimum absolute atomic E-state index is 0.0227. The molecule has 0 bridgehead atoms. The maximum atomic E-state index is 13.9. The van der Waals surface area contributed by atoms with Crippen LogP contribution < -0.4 is 5.56 Å². The fourth-order valence-corrected chi connectivity index (χ4v) is 3.54. The van der Waals surface area contributed by atoms with E-state index in [-0.39, 0.29) is 17.2 Å². The van der Waals surface area contributed by atoms with Crippen LogP contribution in [0.25, 0.3) is 27.6 Å². The molecule has 4 nitrogen and oxygen atoms in total. The number of rotatable bonds is 3. The highest BCUT2D eigenvalue weighted by atomic mass is 19.1. The smallest absolute Gasteiger partial charge is 0.263 e. The Balaban J connectivity index is 2.13. The molecule has 0 aliphatic heterocycles. The molecule has 28 heavy (non-hydrogen) atoms. The van der Waals surface area contributed by atoms with Crippen LogP contribution in [-0.2, 0) is 7.05 Å². The Bertz CT molecular complexity index is 1230. The standard InChI is InChI=1S/C22H19F2N3O/c1-13(2)20-7-14-5-4-6-19(15-11-25-26(3)12-15)21(14)22(28)27(20)18-9-16(23)8-17(24)10-18/h4-13H,1-3H3. The Kier molecular flexibility index (Phi) is 4.34. The van der Waals surface area contributed by atoms with Gasteiger partial charge in [-0.3, -0.25) is 14.0 Å². The molecule has 0 fully saturated rings. The van der Waals surface area contributed by atoms with Gasteiger partial charge < -0.3 is 0 Å². The zero-order valence-corrected chi connectivity index (χ0v) is 15.8. The predicted molar refractivity (Wildman–Crippen MR) is 106 cm³/mol. The largest absolute Gasteiger partial charge is 0.280 e. The Morgan fingerprint density at radius 3 is 2.36 bits per heavy atom. The van der Waals surface area contributed by atoms with Crippen molar-refractivity contribution in [1.29, 1.82) is 0 Å². The lowest BCUT2D eigenvalue weighted by molar-refractivity contribution is 0.580. The van der Waals surface area contributed by atoms with Gasteiger partial charge in [-0.15, -0.1) is 0 Å². The molecule has 0 radical (unpaired) electrons. The summed E-state index contributed by atoms with van der Waals surface area (Å²) < 4.78 is 30.8. The maximum absolute atomic E-state index is 13.9. The second-order valence-corrected chi connectivity index (χ2v) is 7.16. The van der Waals surface area contributed by atoms with Crippen molar-refractivity contribution in [3.05, 3.63) is 82.5 Å². The Labute approximate surface area is 160 Å². The molecule has 0 saturated carbocycles. The van der Waals surface area contributed by atoms with E-state index in [0.29, 0.717) is 11.1 Å². The van der Waals surface area contributed by atoms with Gasteiger partial charge in [0.1, 0.15) is 11.6 Å². The summed E-state index contributed by atoms with van der Waals surface area (Å²) in [6.45, 7) is 3.88. The Hall–Kier alpha value is -3.28. The van der Waals surface area contributed by atoms with Crippen molar-refractivity contribution in [3.8, 4) is 16.8 Å². The molecule has 0 aliphatic rings. The van der Waals surface area contributed by atoms with Gasteiger partial charge in [0.05, 0.1) is 17.3 Å². The van der Waals surface area contributed by atoms with Crippen LogP contribution in [0.3, 0.4) is 0 Å². The molecular weight excluding hydrogens is 360 g/mol. The number of halogens is 2. The second-order valence-electron chi connectivity index (χ2n) is 7.16. The highest BCUT2D eigenvalue weighted by molar-refractivity contribution is 5.96. The second kappa shape index (κ2) is 6.71. The lowest BCUT2D eigenvalue weighted by Crippen LogP contribution is -2.23. The summed E-state index contributed by atoms with van der Waals surface area (Å²) >= 11 is 0. The number of benzene rings is 2. The van der Waals surface area contributed by atoms with Crippen molar-refractivity contribution in [1.82, 2.24) is 14.3 Å². The molecule has 0 saturated heterocycles. The van der Waals surface area contributed by atoms with Crippen LogP contribution in [0.1, 0.15) is 25.5 Å². The summed E-state index contributed by atoms with van der Waals surface area (Å²) in [6, 6.07) is 10.7. The van der Waals surface area contributed by atoms with Gasteiger partial charge in [-0.1, -0.05) is 32.0 Å². The van der Waals surface area contributed by atoms with Gasteiger partial charge >= 0.3 is 0 Å². The van der Waals surface area contributed by atoms with E-state index in [1.54, 1.807) is 17.9 Å². The quantitative estimate of drug-likeness (QED) is 0.513. The number of nitrogens with zero attached hydrogens (tertiary/aromatic N) is 3. The fraction of sp³-hybridized carbons (Fsp3) is 0.182. The Morgan fingerprint density at radius 2 is 1.75 bits per heavy atom. The van der Waals surface area contributed by atoms with E-state index in [0.717, 1.165) is 22.6 Å². The fourth-order valence-electron chi connectivity index (χ4n) is 3.54. The zero-order valence-electron chi connectivity index (χ0n) is 15.8. The minimum Gasteiger partial charge on any atom is -0.280 e. The first-order chi connectivity index (χ1) is 13.3. The highest BCUT2D eigenvalue weighted by Crippen LogP contribution is 2.29. The van der Waals surface area contributed by atoms with Gasteiger partial charge in [-0.05, 0) is 35.1 Å². The van der Waals surface area contributed by atoms with Crippen molar-refractivity contribution >= 4 is 10.8 Å². The number of fused-ring (bicyclic) bond motifs is 1. The molecule has 0 atom stereocenters. The topological polar surface area (TPSA) is 39.8 Å². The van der Waals surface area contributed by atoms with Crippen LogP contribution in [0.5, 0.6) is 0 Å². The summed E-state index contributed by atoms with van der Waals surface area (Å²) in [5.74, 6) is -1.47. The van der Waals surface area contributed by atoms with Gasteiger partial charge in [0.15, 0.2) is 0 Å². The molecule has 4 rings (SSSR count). The molecule has 2 heterocycles. The van der Waals surface area contributed by atoms with E-state index in [4.69, 9.17) is 0 Å². The monoisotopic (exact) mass is 379 g/mol. The third-order valence-corrected chi connectivity index (χ3v) is 4.79.